The van der Waals surface area contributed by atoms with Crippen molar-refractivity contribution in [2.45, 2.75) is 26.4 Å². The zero-order valence-corrected chi connectivity index (χ0v) is 12.7. The van der Waals surface area contributed by atoms with Gasteiger partial charge in [-0.25, -0.2) is 0 Å². The Bertz CT molecular complexity index is 572. The third-order valence-corrected chi connectivity index (χ3v) is 3.47. The van der Waals surface area contributed by atoms with Crippen molar-refractivity contribution >= 4 is 5.91 Å². The monoisotopic (exact) mass is 286 g/mol. The Hall–Kier alpha value is -1.83. The highest BCUT2D eigenvalue weighted by atomic mass is 16.5. The minimum Gasteiger partial charge on any atom is -0.377 e. The van der Waals surface area contributed by atoms with E-state index >= 15 is 0 Å². The molecule has 4 nitrogen and oxygen atoms in total. The zero-order valence-electron chi connectivity index (χ0n) is 12.7. The molecule has 0 aromatic heterocycles. The molecule has 1 atom stereocenters. The first-order valence-corrected chi connectivity index (χ1v) is 7.32. The number of carbonyl (C=O) groups is 1. The summed E-state index contributed by atoms with van der Waals surface area (Å²) < 4.78 is 5.60. The van der Waals surface area contributed by atoms with E-state index in [-0.39, 0.29) is 18.6 Å². The second-order valence-corrected chi connectivity index (χ2v) is 5.34. The standard InChI is InChI=1S/C17H22N2O2/c1-13-6-7-15(5-3-8-18)16(11-13)17(20)19-9-4-10-21-14(2)12-19/h6-7,11,14H,4,8-10,12,18H2,1-2H3. The quantitative estimate of drug-likeness (QED) is 0.797. The fourth-order valence-corrected chi connectivity index (χ4v) is 2.44. The number of amides is 1. The van der Waals surface area contributed by atoms with Crippen LogP contribution in [0.4, 0.5) is 0 Å². The topological polar surface area (TPSA) is 55.6 Å². The van der Waals surface area contributed by atoms with Crippen molar-refractivity contribution in [1.29, 1.82) is 0 Å². The first-order valence-electron chi connectivity index (χ1n) is 7.32. The van der Waals surface area contributed by atoms with E-state index in [0.717, 1.165) is 24.1 Å². The van der Waals surface area contributed by atoms with E-state index in [0.29, 0.717) is 18.7 Å². The molecular weight excluding hydrogens is 264 g/mol. The lowest BCUT2D eigenvalue weighted by Gasteiger charge is -2.23. The predicted molar refractivity (Wildman–Crippen MR) is 83.0 cm³/mol. The van der Waals surface area contributed by atoms with Gasteiger partial charge in [0.1, 0.15) is 0 Å². The van der Waals surface area contributed by atoms with E-state index in [1.807, 2.05) is 36.9 Å². The molecule has 4 heteroatoms. The number of carbonyl (C=O) groups excluding carboxylic acids is 1. The molecule has 1 saturated heterocycles. The van der Waals surface area contributed by atoms with Crippen molar-refractivity contribution in [3.05, 3.63) is 34.9 Å². The minimum absolute atomic E-state index is 0.0253. The molecule has 1 aromatic carbocycles. The van der Waals surface area contributed by atoms with Crippen LogP contribution in [-0.4, -0.2) is 43.2 Å². The number of benzene rings is 1. The lowest BCUT2D eigenvalue weighted by molar-refractivity contribution is 0.0562. The zero-order chi connectivity index (χ0) is 15.2. The molecule has 2 N–H and O–H groups in total. The molecule has 0 saturated carbocycles. The summed E-state index contributed by atoms with van der Waals surface area (Å²) in [5.74, 6) is 5.84. The molecule has 1 aliphatic heterocycles. The van der Waals surface area contributed by atoms with Crippen molar-refractivity contribution in [3.63, 3.8) is 0 Å². The molecule has 1 aliphatic rings. The van der Waals surface area contributed by atoms with Gasteiger partial charge in [-0.15, -0.1) is 0 Å². The Balaban J connectivity index is 2.30. The maximum Gasteiger partial charge on any atom is 0.255 e. The number of aryl methyl sites for hydroxylation is 1. The van der Waals surface area contributed by atoms with Gasteiger partial charge >= 0.3 is 0 Å². The first-order chi connectivity index (χ1) is 10.1. The summed E-state index contributed by atoms with van der Waals surface area (Å²) in [6.07, 6.45) is 0.936. The van der Waals surface area contributed by atoms with Crippen LogP contribution in [0.5, 0.6) is 0 Å². The summed E-state index contributed by atoms with van der Waals surface area (Å²) in [6.45, 7) is 6.31. The van der Waals surface area contributed by atoms with Crippen LogP contribution in [-0.2, 0) is 4.74 Å². The molecule has 21 heavy (non-hydrogen) atoms. The lowest BCUT2D eigenvalue weighted by Crippen LogP contribution is -2.36. The fraction of sp³-hybridized carbons (Fsp3) is 0.471. The molecule has 1 unspecified atom stereocenters. The average molecular weight is 286 g/mol. The molecule has 2 rings (SSSR count). The summed E-state index contributed by atoms with van der Waals surface area (Å²) >= 11 is 0. The highest BCUT2D eigenvalue weighted by molar-refractivity contribution is 5.97. The third kappa shape index (κ3) is 4.07. The van der Waals surface area contributed by atoms with Crippen LogP contribution >= 0.6 is 0 Å². The predicted octanol–water partition coefficient (Wildman–Crippen LogP) is 1.56. The Morgan fingerprint density at radius 2 is 2.33 bits per heavy atom. The van der Waals surface area contributed by atoms with Gasteiger partial charge in [0.05, 0.1) is 18.2 Å². The molecule has 1 aromatic rings. The Labute approximate surface area is 126 Å². The van der Waals surface area contributed by atoms with Gasteiger partial charge in [0.25, 0.3) is 5.91 Å². The van der Waals surface area contributed by atoms with Crippen LogP contribution < -0.4 is 5.73 Å². The van der Waals surface area contributed by atoms with Crippen LogP contribution in [0.15, 0.2) is 18.2 Å². The molecule has 112 valence electrons. The van der Waals surface area contributed by atoms with E-state index in [4.69, 9.17) is 10.5 Å². The van der Waals surface area contributed by atoms with Crippen molar-refractivity contribution in [2.75, 3.05) is 26.2 Å². The lowest BCUT2D eigenvalue weighted by atomic mass is 10.0. The summed E-state index contributed by atoms with van der Waals surface area (Å²) in [5.41, 5.74) is 7.88. The summed E-state index contributed by atoms with van der Waals surface area (Å²) in [5, 5.41) is 0. The number of rotatable bonds is 1. The maximum atomic E-state index is 12.8. The molecule has 1 amide bonds. The van der Waals surface area contributed by atoms with E-state index in [1.165, 1.54) is 0 Å². The summed E-state index contributed by atoms with van der Waals surface area (Å²) in [4.78, 5) is 14.7. The molecule has 1 fully saturated rings. The van der Waals surface area contributed by atoms with Crippen LogP contribution in [0.1, 0.15) is 34.8 Å². The van der Waals surface area contributed by atoms with Crippen molar-refractivity contribution in [1.82, 2.24) is 4.90 Å². The van der Waals surface area contributed by atoms with E-state index in [1.54, 1.807) is 0 Å². The summed E-state index contributed by atoms with van der Waals surface area (Å²) in [6, 6.07) is 5.76. The number of nitrogens with two attached hydrogens (primary N) is 1. The van der Waals surface area contributed by atoms with E-state index < -0.39 is 0 Å². The van der Waals surface area contributed by atoms with Gasteiger partial charge in [0, 0.05) is 25.3 Å². The molecule has 0 bridgehead atoms. The highest BCUT2D eigenvalue weighted by Crippen LogP contribution is 2.16. The van der Waals surface area contributed by atoms with Crippen molar-refractivity contribution in [2.24, 2.45) is 5.73 Å². The minimum atomic E-state index is 0.0253. The Morgan fingerprint density at radius 1 is 1.52 bits per heavy atom. The summed E-state index contributed by atoms with van der Waals surface area (Å²) in [7, 11) is 0. The van der Waals surface area contributed by atoms with Crippen LogP contribution in [0.3, 0.4) is 0 Å². The number of hydrogen-bond acceptors (Lipinski definition) is 3. The van der Waals surface area contributed by atoms with Crippen molar-refractivity contribution < 1.29 is 9.53 Å². The van der Waals surface area contributed by atoms with Gasteiger partial charge < -0.3 is 15.4 Å². The molecular formula is C17H22N2O2. The van der Waals surface area contributed by atoms with Gasteiger partial charge in [-0.1, -0.05) is 23.5 Å². The van der Waals surface area contributed by atoms with Gasteiger partial charge in [0.15, 0.2) is 0 Å². The highest BCUT2D eigenvalue weighted by Gasteiger charge is 2.22. The smallest absolute Gasteiger partial charge is 0.255 e. The largest absolute Gasteiger partial charge is 0.377 e. The van der Waals surface area contributed by atoms with E-state index in [9.17, 15) is 4.79 Å². The molecule has 0 radical (unpaired) electrons. The Morgan fingerprint density at radius 3 is 3.10 bits per heavy atom. The Kier molecular flexibility index (Phi) is 5.38. The van der Waals surface area contributed by atoms with Gasteiger partial charge in [0.2, 0.25) is 0 Å². The van der Waals surface area contributed by atoms with Gasteiger partial charge in [-0.2, -0.15) is 0 Å². The molecule has 1 heterocycles. The second kappa shape index (κ2) is 7.26. The number of nitrogens with zero attached hydrogens (tertiary/aromatic N) is 1. The van der Waals surface area contributed by atoms with E-state index in [2.05, 4.69) is 11.8 Å². The first kappa shape index (κ1) is 15.6. The third-order valence-electron chi connectivity index (χ3n) is 3.47. The number of hydrogen-bond donors (Lipinski definition) is 1. The normalized spacial score (nSPS) is 18.6. The van der Waals surface area contributed by atoms with Gasteiger partial charge in [-0.3, -0.25) is 4.79 Å². The SMILES string of the molecule is Cc1ccc(C#CCN)c(C(=O)N2CCCOC(C)C2)c1. The average Bonchev–Trinajstić information content (AvgIpc) is 2.70. The van der Waals surface area contributed by atoms with Gasteiger partial charge in [-0.05, 0) is 32.4 Å². The van der Waals surface area contributed by atoms with Crippen molar-refractivity contribution in [3.8, 4) is 11.8 Å². The molecule has 0 aliphatic carbocycles. The van der Waals surface area contributed by atoms with Crippen LogP contribution in [0, 0.1) is 18.8 Å². The molecule has 0 spiro atoms. The number of ether oxygens (including phenoxy) is 1. The second-order valence-electron chi connectivity index (χ2n) is 5.34. The maximum absolute atomic E-state index is 12.8. The fourth-order valence-electron chi connectivity index (χ4n) is 2.44. The van der Waals surface area contributed by atoms with Crippen LogP contribution in [0.25, 0.3) is 0 Å². The van der Waals surface area contributed by atoms with Crippen LogP contribution in [0.2, 0.25) is 0 Å².